The van der Waals surface area contributed by atoms with Crippen LogP contribution in [0.1, 0.15) is 23.7 Å². The fraction of sp³-hybridized carbons (Fsp3) is 0.259. The topological polar surface area (TPSA) is 110 Å². The highest BCUT2D eigenvalue weighted by molar-refractivity contribution is 6.02. The maximum atomic E-state index is 15.7. The number of carbonyl (C=O) groups is 1. The van der Waals surface area contributed by atoms with Gasteiger partial charge in [-0.1, -0.05) is 24.3 Å². The van der Waals surface area contributed by atoms with E-state index in [1.165, 1.54) is 19.2 Å². The number of aromatic nitrogens is 1. The first kappa shape index (κ1) is 22.5. The number of hydrogen-bond donors (Lipinski definition) is 3. The second-order valence-electron chi connectivity index (χ2n) is 9.50. The molecule has 2 atom stereocenters. The summed E-state index contributed by atoms with van der Waals surface area (Å²) in [6.07, 6.45) is 1.40. The summed E-state index contributed by atoms with van der Waals surface area (Å²) in [4.78, 5) is 28.2. The van der Waals surface area contributed by atoms with Crippen molar-refractivity contribution in [1.82, 2.24) is 9.88 Å². The minimum Gasteiger partial charge on any atom is -0.451 e. The second kappa shape index (κ2) is 8.32. The Labute approximate surface area is 205 Å². The number of nitrogens with two attached hydrogens (primary N) is 1. The Morgan fingerprint density at radius 3 is 2.72 bits per heavy atom. The number of carbonyl (C=O) groups excluding carboxylic acids is 1. The molecule has 0 aliphatic carbocycles. The molecule has 4 aromatic rings. The first-order chi connectivity index (χ1) is 17.3. The fourth-order valence-electron chi connectivity index (χ4n) is 5.07. The number of anilines is 1. The number of rotatable bonds is 4. The molecule has 2 aliphatic rings. The van der Waals surface area contributed by atoms with E-state index in [0.717, 1.165) is 10.8 Å². The highest BCUT2D eigenvalue weighted by Gasteiger charge is 2.32. The van der Waals surface area contributed by atoms with Crippen molar-refractivity contribution in [2.75, 3.05) is 24.5 Å². The van der Waals surface area contributed by atoms with Crippen LogP contribution in [0, 0.1) is 5.82 Å². The molecule has 1 unspecified atom stereocenters. The van der Waals surface area contributed by atoms with Gasteiger partial charge in [-0.2, -0.15) is 0 Å². The molecule has 1 fully saturated rings. The van der Waals surface area contributed by atoms with E-state index in [2.05, 4.69) is 5.32 Å². The molecule has 2 aliphatic heterocycles. The summed E-state index contributed by atoms with van der Waals surface area (Å²) in [5, 5.41) is 14.1. The summed E-state index contributed by atoms with van der Waals surface area (Å²) in [6, 6.07) is 12.6. The highest BCUT2D eigenvalue weighted by atomic mass is 19.1. The number of aliphatic hydroxyl groups is 1. The van der Waals surface area contributed by atoms with E-state index in [0.29, 0.717) is 36.5 Å². The molecule has 4 N–H and O–H groups in total. The summed E-state index contributed by atoms with van der Waals surface area (Å²) in [7, 11) is 0. The largest absolute Gasteiger partial charge is 0.451 e. The highest BCUT2D eigenvalue weighted by Crippen LogP contribution is 2.48. The number of hydrogen-bond acceptors (Lipinski definition) is 6. The lowest BCUT2D eigenvalue weighted by molar-refractivity contribution is 0.0922. The first-order valence-electron chi connectivity index (χ1n) is 11.9. The summed E-state index contributed by atoms with van der Waals surface area (Å²) in [5.41, 5.74) is 6.63. The second-order valence-corrected chi connectivity index (χ2v) is 9.50. The predicted octanol–water partition coefficient (Wildman–Crippen LogP) is 3.04. The van der Waals surface area contributed by atoms with Crippen LogP contribution in [0.25, 0.3) is 27.4 Å². The van der Waals surface area contributed by atoms with Gasteiger partial charge >= 0.3 is 0 Å². The van der Waals surface area contributed by atoms with Crippen molar-refractivity contribution in [2.24, 2.45) is 5.73 Å². The lowest BCUT2D eigenvalue weighted by Gasteiger charge is -2.29. The molecule has 8 nitrogen and oxygen atoms in total. The normalized spacial score (nSPS) is 17.2. The number of fused-ring (bicyclic) bond motifs is 3. The zero-order chi connectivity index (χ0) is 25.1. The van der Waals surface area contributed by atoms with Gasteiger partial charge in [0.1, 0.15) is 16.8 Å². The molecule has 1 saturated heterocycles. The number of ether oxygens (including phenoxy) is 1. The number of halogens is 1. The van der Waals surface area contributed by atoms with Gasteiger partial charge in [-0.15, -0.1) is 0 Å². The lowest BCUT2D eigenvalue weighted by Crippen LogP contribution is -2.34. The average Bonchev–Trinajstić information content (AvgIpc) is 3.28. The zero-order valence-electron chi connectivity index (χ0n) is 19.6. The predicted molar refractivity (Wildman–Crippen MR) is 136 cm³/mol. The summed E-state index contributed by atoms with van der Waals surface area (Å²) >= 11 is 0. The van der Waals surface area contributed by atoms with Crippen LogP contribution in [0.2, 0.25) is 0 Å². The van der Waals surface area contributed by atoms with Crippen molar-refractivity contribution in [2.45, 2.75) is 25.5 Å². The molecule has 0 saturated carbocycles. The summed E-state index contributed by atoms with van der Waals surface area (Å²) in [6.45, 7) is 2.54. The van der Waals surface area contributed by atoms with Gasteiger partial charge in [-0.05, 0) is 42.3 Å². The molecule has 36 heavy (non-hydrogen) atoms. The molecule has 9 heteroatoms. The Hall–Kier alpha value is -3.95. The quantitative estimate of drug-likeness (QED) is 0.359. The van der Waals surface area contributed by atoms with Crippen molar-refractivity contribution >= 4 is 33.3 Å². The van der Waals surface area contributed by atoms with Gasteiger partial charge in [0.2, 0.25) is 5.43 Å². The van der Waals surface area contributed by atoms with Crippen LogP contribution in [0.4, 0.5) is 10.1 Å². The molecule has 3 heterocycles. The fourth-order valence-corrected chi connectivity index (χ4v) is 5.07. The van der Waals surface area contributed by atoms with E-state index in [4.69, 9.17) is 10.5 Å². The first-order valence-corrected chi connectivity index (χ1v) is 11.9. The van der Waals surface area contributed by atoms with Crippen molar-refractivity contribution in [1.29, 1.82) is 0 Å². The SMILES string of the molecule is C[C@H](O)CNC(=O)c1cn2c3c(c(N4CCC(N)C4)c(F)cc3c1=O)Oc1cc3ccccc3cc1-2. The lowest BCUT2D eigenvalue weighted by atomic mass is 10.0. The van der Waals surface area contributed by atoms with Gasteiger partial charge < -0.3 is 30.4 Å². The van der Waals surface area contributed by atoms with Crippen molar-refractivity contribution in [3.63, 3.8) is 0 Å². The zero-order valence-corrected chi connectivity index (χ0v) is 19.6. The van der Waals surface area contributed by atoms with Crippen molar-refractivity contribution in [3.05, 3.63) is 70.3 Å². The van der Waals surface area contributed by atoms with E-state index in [1.807, 2.05) is 41.3 Å². The average molecular weight is 489 g/mol. The molecule has 3 aromatic carbocycles. The van der Waals surface area contributed by atoms with Crippen LogP contribution >= 0.6 is 0 Å². The number of nitrogens with zero attached hydrogens (tertiary/aromatic N) is 2. The van der Waals surface area contributed by atoms with Crippen molar-refractivity contribution in [3.8, 4) is 17.2 Å². The van der Waals surface area contributed by atoms with Gasteiger partial charge in [0.25, 0.3) is 5.91 Å². The molecular weight excluding hydrogens is 463 g/mol. The summed E-state index contributed by atoms with van der Waals surface area (Å²) < 4.78 is 23.7. The Bertz CT molecular complexity index is 1610. The number of pyridine rings is 1. The molecule has 184 valence electrons. The Morgan fingerprint density at radius 1 is 1.28 bits per heavy atom. The monoisotopic (exact) mass is 488 g/mol. The van der Waals surface area contributed by atoms with Crippen LogP contribution in [0.15, 0.2) is 53.5 Å². The number of amides is 1. The van der Waals surface area contributed by atoms with Crippen LogP contribution in [0.3, 0.4) is 0 Å². The Kier molecular flexibility index (Phi) is 5.20. The smallest absolute Gasteiger partial charge is 0.256 e. The Morgan fingerprint density at radius 2 is 2.03 bits per heavy atom. The van der Waals surface area contributed by atoms with Gasteiger partial charge in [-0.3, -0.25) is 9.59 Å². The molecule has 1 aromatic heterocycles. The standard InChI is InChI=1S/C27H25FN4O4/c1-14(33)11-30-27(35)19-13-32-21-8-15-4-2-3-5-16(15)9-22(21)36-26-23(32)18(25(19)34)10-20(28)24(26)31-7-6-17(29)12-31/h2-5,8-10,13-14,17,33H,6-7,11-12,29H2,1H3,(H,30,35)/t14-,17?/m0/s1. The van der Waals surface area contributed by atoms with E-state index < -0.39 is 23.3 Å². The van der Waals surface area contributed by atoms with Crippen molar-refractivity contribution < 1.29 is 19.0 Å². The van der Waals surface area contributed by atoms with E-state index in [9.17, 15) is 14.7 Å². The molecule has 0 spiro atoms. The maximum absolute atomic E-state index is 15.7. The van der Waals surface area contributed by atoms with Gasteiger partial charge in [0.05, 0.1) is 17.2 Å². The number of benzene rings is 3. The van der Waals surface area contributed by atoms with E-state index in [1.54, 1.807) is 4.57 Å². The van der Waals surface area contributed by atoms with Crippen LogP contribution < -0.4 is 26.1 Å². The molecule has 1 amide bonds. The van der Waals surface area contributed by atoms with Crippen LogP contribution in [-0.4, -0.2) is 47.4 Å². The van der Waals surface area contributed by atoms with E-state index >= 15 is 4.39 Å². The van der Waals surface area contributed by atoms with Crippen LogP contribution in [0.5, 0.6) is 11.5 Å². The minimum absolute atomic E-state index is 0.0194. The Balaban J connectivity index is 1.66. The van der Waals surface area contributed by atoms with E-state index in [-0.39, 0.29) is 35.0 Å². The molecule has 0 radical (unpaired) electrons. The van der Waals surface area contributed by atoms with Gasteiger partial charge in [0.15, 0.2) is 17.3 Å². The number of aliphatic hydroxyl groups excluding tert-OH is 1. The third-order valence-electron chi connectivity index (χ3n) is 6.81. The molecule has 0 bridgehead atoms. The minimum atomic E-state index is -0.783. The molecular formula is C27H25FN4O4. The number of nitrogens with one attached hydrogen (secondary N) is 1. The molecule has 6 rings (SSSR count). The third-order valence-corrected chi connectivity index (χ3v) is 6.81. The van der Waals surface area contributed by atoms with Gasteiger partial charge in [0, 0.05) is 31.9 Å². The summed E-state index contributed by atoms with van der Waals surface area (Å²) in [5.74, 6) is -0.537. The third kappa shape index (κ3) is 3.51. The van der Waals surface area contributed by atoms with Crippen LogP contribution in [-0.2, 0) is 0 Å². The maximum Gasteiger partial charge on any atom is 0.256 e. The van der Waals surface area contributed by atoms with Gasteiger partial charge in [-0.25, -0.2) is 4.39 Å².